The number of hydrogen-bond donors (Lipinski definition) is 3. The van der Waals surface area contributed by atoms with Gasteiger partial charge in [-0.15, -0.1) is 0 Å². The van der Waals surface area contributed by atoms with E-state index in [0.717, 1.165) is 41.8 Å². The van der Waals surface area contributed by atoms with Gasteiger partial charge in [-0.2, -0.15) is 5.10 Å². The fourth-order valence-electron chi connectivity index (χ4n) is 4.19. The van der Waals surface area contributed by atoms with Crippen molar-refractivity contribution in [3.63, 3.8) is 0 Å². The lowest BCUT2D eigenvalue weighted by Crippen LogP contribution is -2.20. The van der Waals surface area contributed by atoms with Crippen LogP contribution >= 0.6 is 0 Å². The van der Waals surface area contributed by atoms with E-state index < -0.39 is 0 Å². The summed E-state index contributed by atoms with van der Waals surface area (Å²) >= 11 is 0. The molecular weight excluding hydrogens is 421 g/mol. The average molecular weight is 441 g/mol. The third-order valence-electron chi connectivity index (χ3n) is 5.84. The molecule has 0 bridgehead atoms. The van der Waals surface area contributed by atoms with Crippen LogP contribution in [0.1, 0.15) is 12.1 Å². The molecule has 0 unspecified atom stereocenters. The Labute approximate surface area is 187 Å². The van der Waals surface area contributed by atoms with Crippen molar-refractivity contribution < 1.29 is 9.13 Å². The largest absolute Gasteiger partial charge is 0.497 e. The van der Waals surface area contributed by atoms with E-state index in [1.54, 1.807) is 18.5 Å². The summed E-state index contributed by atoms with van der Waals surface area (Å²) in [6.07, 6.45) is 6.47. The first-order valence-electron chi connectivity index (χ1n) is 10.6. The van der Waals surface area contributed by atoms with Gasteiger partial charge in [0.25, 0.3) is 0 Å². The number of aromatic amines is 2. The van der Waals surface area contributed by atoms with Crippen LogP contribution in [0.5, 0.6) is 5.75 Å². The SMILES string of the molecule is COc1cc(F)cc(-c2cncc3[nH]c(-c4n[nH]c5ccc(C6=CCNCC6)nc45)nc23)c1. The highest BCUT2D eigenvalue weighted by Gasteiger charge is 2.18. The maximum atomic E-state index is 14.1. The second-order valence-corrected chi connectivity index (χ2v) is 7.90. The van der Waals surface area contributed by atoms with Crippen molar-refractivity contribution in [1.82, 2.24) is 35.5 Å². The first-order chi connectivity index (χ1) is 16.2. The van der Waals surface area contributed by atoms with Crippen LogP contribution in [0.15, 0.2) is 48.8 Å². The Bertz CT molecular complexity index is 1530. The van der Waals surface area contributed by atoms with Gasteiger partial charge in [0.2, 0.25) is 0 Å². The first kappa shape index (κ1) is 19.6. The molecule has 1 aliphatic rings. The van der Waals surface area contributed by atoms with E-state index in [9.17, 15) is 4.39 Å². The van der Waals surface area contributed by atoms with E-state index in [4.69, 9.17) is 14.7 Å². The molecule has 33 heavy (non-hydrogen) atoms. The second kappa shape index (κ2) is 7.79. The zero-order valence-electron chi connectivity index (χ0n) is 17.8. The van der Waals surface area contributed by atoms with Crippen molar-refractivity contribution in [2.45, 2.75) is 6.42 Å². The number of hydrogen-bond acceptors (Lipinski definition) is 6. The number of methoxy groups -OCH3 is 1. The van der Waals surface area contributed by atoms with E-state index in [0.29, 0.717) is 33.9 Å². The molecule has 0 saturated heterocycles. The summed E-state index contributed by atoms with van der Waals surface area (Å²) < 4.78 is 19.4. The van der Waals surface area contributed by atoms with Crippen LogP contribution in [0.25, 0.3) is 50.3 Å². The molecule has 8 nitrogen and oxygen atoms in total. The van der Waals surface area contributed by atoms with Gasteiger partial charge in [0, 0.05) is 24.4 Å². The molecule has 4 aromatic heterocycles. The van der Waals surface area contributed by atoms with Crippen LogP contribution in [-0.2, 0) is 0 Å². The highest BCUT2D eigenvalue weighted by atomic mass is 19.1. The molecule has 9 heteroatoms. The minimum atomic E-state index is -0.389. The van der Waals surface area contributed by atoms with Crippen molar-refractivity contribution in [3.8, 4) is 28.4 Å². The summed E-state index contributed by atoms with van der Waals surface area (Å²) in [7, 11) is 1.51. The summed E-state index contributed by atoms with van der Waals surface area (Å²) in [6.45, 7) is 1.78. The summed E-state index contributed by atoms with van der Waals surface area (Å²) in [5.74, 6) is 0.608. The predicted octanol–water partition coefficient (Wildman–Crippen LogP) is 4.09. The molecule has 0 atom stereocenters. The number of rotatable bonds is 4. The zero-order chi connectivity index (χ0) is 22.4. The highest BCUT2D eigenvalue weighted by molar-refractivity contribution is 5.95. The number of nitrogens with zero attached hydrogens (tertiary/aromatic N) is 4. The Balaban J connectivity index is 1.48. The summed E-state index contributed by atoms with van der Waals surface area (Å²) in [6, 6.07) is 8.55. The summed E-state index contributed by atoms with van der Waals surface area (Å²) in [5.41, 5.74) is 7.08. The molecule has 6 rings (SSSR count). The molecule has 0 radical (unpaired) electrons. The van der Waals surface area contributed by atoms with Gasteiger partial charge < -0.3 is 15.0 Å². The summed E-state index contributed by atoms with van der Waals surface area (Å²) in [4.78, 5) is 17.3. The Hall–Kier alpha value is -4.11. The second-order valence-electron chi connectivity index (χ2n) is 7.90. The monoisotopic (exact) mass is 441 g/mol. The molecule has 0 spiro atoms. The van der Waals surface area contributed by atoms with Crippen molar-refractivity contribution in [1.29, 1.82) is 0 Å². The standard InChI is InChI=1S/C24H20FN7O/c1-33-16-9-14(8-15(25)10-16)17-11-27-12-20-21(17)30-24(29-20)23-22-19(31-32-23)3-2-18(28-22)13-4-6-26-7-5-13/h2-4,8-12,26H,5-7H2,1H3,(H,29,30)(H,31,32). The lowest BCUT2D eigenvalue weighted by atomic mass is 10.1. The number of benzene rings is 1. The van der Waals surface area contributed by atoms with Gasteiger partial charge >= 0.3 is 0 Å². The number of ether oxygens (including phenoxy) is 1. The fraction of sp³-hybridized carbons (Fsp3) is 0.167. The van der Waals surface area contributed by atoms with Crippen molar-refractivity contribution in [2.24, 2.45) is 0 Å². The lowest BCUT2D eigenvalue weighted by Gasteiger charge is -2.13. The molecule has 164 valence electrons. The van der Waals surface area contributed by atoms with Crippen LogP contribution in [0.3, 0.4) is 0 Å². The van der Waals surface area contributed by atoms with Crippen molar-refractivity contribution >= 4 is 27.6 Å². The molecule has 0 saturated carbocycles. The summed E-state index contributed by atoms with van der Waals surface area (Å²) in [5, 5.41) is 10.8. The van der Waals surface area contributed by atoms with Gasteiger partial charge in [0.05, 0.1) is 35.6 Å². The lowest BCUT2D eigenvalue weighted by molar-refractivity contribution is 0.411. The van der Waals surface area contributed by atoms with E-state index in [-0.39, 0.29) is 5.82 Å². The third-order valence-corrected chi connectivity index (χ3v) is 5.84. The van der Waals surface area contributed by atoms with E-state index in [1.165, 1.54) is 24.8 Å². The Morgan fingerprint density at radius 2 is 1.97 bits per heavy atom. The maximum Gasteiger partial charge on any atom is 0.161 e. The highest BCUT2D eigenvalue weighted by Crippen LogP contribution is 2.33. The van der Waals surface area contributed by atoms with Gasteiger partial charge in [-0.25, -0.2) is 14.4 Å². The predicted molar refractivity (Wildman–Crippen MR) is 124 cm³/mol. The molecule has 0 aliphatic carbocycles. The van der Waals surface area contributed by atoms with Crippen LogP contribution in [-0.4, -0.2) is 50.3 Å². The molecule has 1 aromatic carbocycles. The number of aromatic nitrogens is 6. The third kappa shape index (κ3) is 3.42. The number of halogens is 1. The molecule has 1 aliphatic heterocycles. The minimum absolute atomic E-state index is 0.389. The van der Waals surface area contributed by atoms with E-state index in [1.807, 2.05) is 12.1 Å². The molecule has 5 aromatic rings. The van der Waals surface area contributed by atoms with E-state index >= 15 is 0 Å². The van der Waals surface area contributed by atoms with Gasteiger partial charge in [0.15, 0.2) is 11.5 Å². The van der Waals surface area contributed by atoms with Crippen LogP contribution in [0, 0.1) is 5.82 Å². The van der Waals surface area contributed by atoms with Crippen molar-refractivity contribution in [2.75, 3.05) is 20.2 Å². The molecule has 0 amide bonds. The Kier molecular flexibility index (Phi) is 4.62. The van der Waals surface area contributed by atoms with E-state index in [2.05, 4.69) is 31.6 Å². The molecule has 3 N–H and O–H groups in total. The topological polar surface area (TPSA) is 104 Å². The average Bonchev–Trinajstić information content (AvgIpc) is 3.47. The van der Waals surface area contributed by atoms with Crippen LogP contribution < -0.4 is 10.1 Å². The number of imidazole rings is 1. The van der Waals surface area contributed by atoms with Gasteiger partial charge in [-0.3, -0.25) is 10.1 Å². The van der Waals surface area contributed by atoms with Crippen LogP contribution in [0.2, 0.25) is 0 Å². The van der Waals surface area contributed by atoms with Gasteiger partial charge in [0.1, 0.15) is 17.1 Å². The van der Waals surface area contributed by atoms with Gasteiger partial charge in [-0.05, 0) is 48.4 Å². The number of fused-ring (bicyclic) bond motifs is 2. The number of H-pyrrole nitrogens is 2. The zero-order valence-corrected chi connectivity index (χ0v) is 17.8. The maximum absolute atomic E-state index is 14.1. The fourth-order valence-corrected chi connectivity index (χ4v) is 4.19. The minimum Gasteiger partial charge on any atom is -0.497 e. The molecule has 5 heterocycles. The smallest absolute Gasteiger partial charge is 0.161 e. The molecule has 0 fully saturated rings. The first-order valence-corrected chi connectivity index (χ1v) is 10.6. The van der Waals surface area contributed by atoms with Crippen LogP contribution in [0.4, 0.5) is 4.39 Å². The molecular formula is C24H20FN7O. The van der Waals surface area contributed by atoms with Gasteiger partial charge in [-0.1, -0.05) is 6.08 Å². The normalized spacial score (nSPS) is 14.1. The number of pyridine rings is 2. The Morgan fingerprint density at radius 1 is 1.03 bits per heavy atom. The Morgan fingerprint density at radius 3 is 2.82 bits per heavy atom. The quantitative estimate of drug-likeness (QED) is 0.388. The number of nitrogens with one attached hydrogen (secondary N) is 3. The van der Waals surface area contributed by atoms with Crippen molar-refractivity contribution in [3.05, 3.63) is 60.3 Å².